The third kappa shape index (κ3) is 2.71. The lowest BCUT2D eigenvalue weighted by Gasteiger charge is -2.38. The van der Waals surface area contributed by atoms with Gasteiger partial charge in [0.25, 0.3) is 5.69 Å². The Hall–Kier alpha value is -3.03. The minimum Gasteiger partial charge on any atom is -0.319 e. The van der Waals surface area contributed by atoms with E-state index in [1.807, 2.05) is 12.2 Å². The second kappa shape index (κ2) is 6.85. The first kappa shape index (κ1) is 18.3. The molecule has 1 saturated heterocycles. The summed E-state index contributed by atoms with van der Waals surface area (Å²) in [6.45, 7) is 1.72. The second-order valence-corrected chi connectivity index (χ2v) is 7.58. The molecular weight excluding hydrogens is 362 g/mol. The van der Waals surface area contributed by atoms with Gasteiger partial charge in [-0.15, -0.1) is 0 Å². The van der Waals surface area contributed by atoms with Gasteiger partial charge in [-0.05, 0) is 37.2 Å². The molecule has 146 valence electrons. The number of imide groups is 1. The zero-order valence-electron chi connectivity index (χ0n) is 15.4. The van der Waals surface area contributed by atoms with E-state index in [9.17, 15) is 24.5 Å². The molecule has 2 fully saturated rings. The van der Waals surface area contributed by atoms with E-state index in [0.717, 1.165) is 17.7 Å². The predicted molar refractivity (Wildman–Crippen MR) is 100.0 cm³/mol. The zero-order valence-corrected chi connectivity index (χ0v) is 15.4. The highest BCUT2D eigenvalue weighted by Gasteiger charge is 2.58. The van der Waals surface area contributed by atoms with Crippen molar-refractivity contribution in [3.05, 3.63) is 46.5 Å². The lowest BCUT2D eigenvalue weighted by Crippen LogP contribution is -2.47. The minimum atomic E-state index is -0.982. The van der Waals surface area contributed by atoms with Crippen LogP contribution in [-0.4, -0.2) is 33.6 Å². The van der Waals surface area contributed by atoms with Crippen LogP contribution in [0.1, 0.15) is 26.2 Å². The van der Waals surface area contributed by atoms with Gasteiger partial charge in [-0.1, -0.05) is 31.2 Å². The number of amides is 3. The number of hydrogen-bond donors (Lipinski definition) is 1. The van der Waals surface area contributed by atoms with Gasteiger partial charge in [-0.3, -0.25) is 29.4 Å². The summed E-state index contributed by atoms with van der Waals surface area (Å²) in [5, 5.41) is 13.7. The molecule has 1 saturated carbocycles. The zero-order chi connectivity index (χ0) is 20.0. The Balaban J connectivity index is 1.59. The molecule has 3 amide bonds. The highest BCUT2D eigenvalue weighted by Crippen LogP contribution is 2.50. The number of nitrogens with zero attached hydrogens (tertiary/aromatic N) is 2. The quantitative estimate of drug-likeness (QED) is 0.364. The standard InChI is InChI=1S/C20H21N3O5/c1-2-14(18(24)21-13-5-3-4-6-15(13)23(27)28)22-19(25)16-11-7-8-12(10-9-11)17(16)20(22)26/h3-8,11-12,14,16-17H,2,9-10H2,1H3,(H,21,24)/t11-,12-,14-,16-,17+/m0/s1. The van der Waals surface area contributed by atoms with Gasteiger partial charge in [0.05, 0.1) is 16.8 Å². The first-order chi connectivity index (χ1) is 13.4. The Morgan fingerprint density at radius 2 is 1.75 bits per heavy atom. The molecular formula is C20H21N3O5. The molecule has 0 unspecified atom stereocenters. The van der Waals surface area contributed by atoms with Crippen LogP contribution >= 0.6 is 0 Å². The van der Waals surface area contributed by atoms with Gasteiger partial charge in [-0.25, -0.2) is 0 Å². The SMILES string of the molecule is CC[C@@H](C(=O)Nc1ccccc1[N+](=O)[O-])N1C(=O)[C@@H]2[C@H](C1=O)[C@H]1C=C[C@H]2CC1. The van der Waals surface area contributed by atoms with Crippen LogP contribution in [0.2, 0.25) is 0 Å². The van der Waals surface area contributed by atoms with E-state index in [1.54, 1.807) is 13.0 Å². The molecule has 5 rings (SSSR count). The molecule has 0 spiro atoms. The Labute approximate surface area is 161 Å². The van der Waals surface area contributed by atoms with Crippen LogP contribution < -0.4 is 5.32 Å². The number of carbonyl (C=O) groups is 3. The minimum absolute atomic E-state index is 0.0484. The van der Waals surface area contributed by atoms with Crippen molar-refractivity contribution < 1.29 is 19.3 Å². The summed E-state index contributed by atoms with van der Waals surface area (Å²) in [6, 6.07) is 4.82. The summed E-state index contributed by atoms with van der Waals surface area (Å²) in [7, 11) is 0. The van der Waals surface area contributed by atoms with Gasteiger partial charge in [0.1, 0.15) is 11.7 Å². The van der Waals surface area contributed by atoms with Crippen molar-refractivity contribution in [2.75, 3.05) is 5.32 Å². The molecule has 8 heteroatoms. The van der Waals surface area contributed by atoms with Crippen molar-refractivity contribution in [3.63, 3.8) is 0 Å². The lowest BCUT2D eigenvalue weighted by molar-refractivity contribution is -0.383. The van der Waals surface area contributed by atoms with Crippen LogP contribution in [0, 0.1) is 33.8 Å². The van der Waals surface area contributed by atoms with Crippen molar-refractivity contribution in [2.24, 2.45) is 23.7 Å². The average Bonchev–Trinajstić information content (AvgIpc) is 2.97. The number of fused-ring (bicyclic) bond motifs is 1. The Morgan fingerprint density at radius 1 is 1.18 bits per heavy atom. The highest BCUT2D eigenvalue weighted by molar-refractivity contribution is 6.10. The maximum Gasteiger partial charge on any atom is 0.292 e. The van der Waals surface area contributed by atoms with E-state index in [0.29, 0.717) is 0 Å². The average molecular weight is 383 g/mol. The van der Waals surface area contributed by atoms with E-state index < -0.39 is 16.9 Å². The second-order valence-electron chi connectivity index (χ2n) is 7.58. The van der Waals surface area contributed by atoms with Gasteiger partial charge in [-0.2, -0.15) is 0 Å². The van der Waals surface area contributed by atoms with Crippen LogP contribution in [0.15, 0.2) is 36.4 Å². The third-order valence-electron chi connectivity index (χ3n) is 6.15. The van der Waals surface area contributed by atoms with Crippen molar-refractivity contribution >= 4 is 29.1 Å². The summed E-state index contributed by atoms with van der Waals surface area (Å²) in [6.07, 6.45) is 6.06. The molecule has 1 aromatic carbocycles. The molecule has 1 aromatic rings. The van der Waals surface area contributed by atoms with Crippen LogP contribution in [0.25, 0.3) is 0 Å². The van der Waals surface area contributed by atoms with Crippen LogP contribution in [0.4, 0.5) is 11.4 Å². The van der Waals surface area contributed by atoms with Gasteiger partial charge in [0.15, 0.2) is 0 Å². The fourth-order valence-corrected chi connectivity index (χ4v) is 4.84. The Morgan fingerprint density at radius 3 is 2.25 bits per heavy atom. The highest BCUT2D eigenvalue weighted by atomic mass is 16.6. The number of allylic oxidation sites excluding steroid dienone is 2. The molecule has 8 nitrogen and oxygen atoms in total. The van der Waals surface area contributed by atoms with Crippen LogP contribution in [-0.2, 0) is 14.4 Å². The van der Waals surface area contributed by atoms with Crippen molar-refractivity contribution in [3.8, 4) is 0 Å². The smallest absolute Gasteiger partial charge is 0.292 e. The number of hydrogen-bond acceptors (Lipinski definition) is 5. The fourth-order valence-electron chi connectivity index (χ4n) is 4.84. The number of likely N-dealkylation sites (tertiary alicyclic amines) is 1. The van der Waals surface area contributed by atoms with E-state index in [1.165, 1.54) is 18.2 Å². The number of benzene rings is 1. The Kier molecular flexibility index (Phi) is 4.49. The number of nitro benzene ring substituents is 1. The van der Waals surface area contributed by atoms with Crippen molar-refractivity contribution in [1.29, 1.82) is 0 Å². The molecule has 0 radical (unpaired) electrons. The van der Waals surface area contributed by atoms with Gasteiger partial charge in [0.2, 0.25) is 17.7 Å². The summed E-state index contributed by atoms with van der Waals surface area (Å²) in [5.41, 5.74) is -0.185. The molecule has 5 atom stereocenters. The van der Waals surface area contributed by atoms with E-state index in [-0.39, 0.29) is 53.3 Å². The number of carbonyl (C=O) groups excluding carboxylic acids is 3. The summed E-state index contributed by atoms with van der Waals surface area (Å²) < 4.78 is 0. The Bertz CT molecular complexity index is 864. The van der Waals surface area contributed by atoms with Gasteiger partial charge in [0, 0.05) is 6.07 Å². The van der Waals surface area contributed by atoms with Gasteiger partial charge >= 0.3 is 0 Å². The fraction of sp³-hybridized carbons (Fsp3) is 0.450. The monoisotopic (exact) mass is 383 g/mol. The summed E-state index contributed by atoms with van der Waals surface area (Å²) >= 11 is 0. The molecule has 1 aliphatic heterocycles. The lowest BCUT2D eigenvalue weighted by atomic mass is 9.63. The van der Waals surface area contributed by atoms with Crippen molar-refractivity contribution in [1.82, 2.24) is 4.90 Å². The number of rotatable bonds is 5. The van der Waals surface area contributed by atoms with Crippen molar-refractivity contribution in [2.45, 2.75) is 32.2 Å². The summed E-state index contributed by atoms with van der Waals surface area (Å²) in [4.78, 5) is 50.7. The maximum absolute atomic E-state index is 13.1. The normalized spacial score (nSPS) is 29.0. The number of nitrogens with one attached hydrogen (secondary N) is 1. The van der Waals surface area contributed by atoms with Gasteiger partial charge < -0.3 is 5.32 Å². The molecule has 2 bridgehead atoms. The maximum atomic E-state index is 13.1. The third-order valence-corrected chi connectivity index (χ3v) is 6.15. The number of anilines is 1. The number of nitro groups is 1. The van der Waals surface area contributed by atoms with E-state index in [4.69, 9.17) is 0 Å². The van der Waals surface area contributed by atoms with Crippen LogP contribution in [0.3, 0.4) is 0 Å². The predicted octanol–water partition coefficient (Wildman–Crippen LogP) is 2.51. The molecule has 4 aliphatic rings. The molecule has 1 heterocycles. The largest absolute Gasteiger partial charge is 0.319 e. The topological polar surface area (TPSA) is 110 Å². The summed E-state index contributed by atoms with van der Waals surface area (Å²) in [5.74, 6) is -1.84. The number of para-hydroxylation sites is 2. The van der Waals surface area contributed by atoms with E-state index >= 15 is 0 Å². The first-order valence-corrected chi connectivity index (χ1v) is 9.53. The molecule has 3 aliphatic carbocycles. The molecule has 0 aromatic heterocycles. The van der Waals surface area contributed by atoms with E-state index in [2.05, 4.69) is 5.32 Å². The van der Waals surface area contributed by atoms with Crippen LogP contribution in [0.5, 0.6) is 0 Å². The molecule has 1 N–H and O–H groups in total. The first-order valence-electron chi connectivity index (χ1n) is 9.53. The molecule has 28 heavy (non-hydrogen) atoms.